The normalized spacial score (nSPS) is 18.1. The minimum atomic E-state index is 0.0756. The highest BCUT2D eigenvalue weighted by Gasteiger charge is 2.30. The van der Waals surface area contributed by atoms with Gasteiger partial charge in [0.05, 0.1) is 12.0 Å². The SMILES string of the molecule is Cc1cc2c(cc1-c1ccnc3nc(-c4ccco4)nn13)NC(C)(C)C[C@H]2C. The molecule has 0 bridgehead atoms. The third kappa shape index (κ3) is 2.68. The smallest absolute Gasteiger partial charge is 0.253 e. The first-order valence-electron chi connectivity index (χ1n) is 9.60. The second kappa shape index (κ2) is 5.92. The van der Waals surface area contributed by atoms with Crippen molar-refractivity contribution in [1.82, 2.24) is 19.6 Å². The molecule has 4 aromatic rings. The van der Waals surface area contributed by atoms with Crippen LogP contribution in [0.5, 0.6) is 0 Å². The minimum absolute atomic E-state index is 0.0756. The number of fused-ring (bicyclic) bond motifs is 2. The summed E-state index contributed by atoms with van der Waals surface area (Å²) < 4.78 is 7.25. The van der Waals surface area contributed by atoms with Gasteiger partial charge in [-0.3, -0.25) is 0 Å². The van der Waals surface area contributed by atoms with Gasteiger partial charge < -0.3 is 9.73 Å². The molecule has 0 amide bonds. The molecule has 6 nitrogen and oxygen atoms in total. The number of hydrogen-bond acceptors (Lipinski definition) is 5. The lowest BCUT2D eigenvalue weighted by molar-refractivity contribution is 0.454. The monoisotopic (exact) mass is 373 g/mol. The second-order valence-electron chi connectivity index (χ2n) is 8.32. The molecule has 0 aliphatic carbocycles. The summed E-state index contributed by atoms with van der Waals surface area (Å²) in [6, 6.07) is 10.2. The van der Waals surface area contributed by atoms with E-state index in [1.165, 1.54) is 16.8 Å². The highest BCUT2D eigenvalue weighted by atomic mass is 16.3. The summed E-state index contributed by atoms with van der Waals surface area (Å²) in [5, 5.41) is 8.36. The fraction of sp³-hybridized carbons (Fsp3) is 0.318. The van der Waals surface area contributed by atoms with E-state index in [9.17, 15) is 0 Å². The third-order valence-electron chi connectivity index (χ3n) is 5.48. The van der Waals surface area contributed by atoms with E-state index in [1.54, 1.807) is 17.0 Å². The fourth-order valence-corrected chi connectivity index (χ4v) is 4.32. The van der Waals surface area contributed by atoms with Crippen molar-refractivity contribution in [2.24, 2.45) is 0 Å². The third-order valence-corrected chi connectivity index (χ3v) is 5.48. The first-order valence-corrected chi connectivity index (χ1v) is 9.60. The van der Waals surface area contributed by atoms with E-state index < -0.39 is 0 Å². The number of anilines is 1. The number of furan rings is 1. The summed E-state index contributed by atoms with van der Waals surface area (Å²) >= 11 is 0. The first-order chi connectivity index (χ1) is 13.4. The molecule has 0 saturated carbocycles. The van der Waals surface area contributed by atoms with Gasteiger partial charge in [-0.15, -0.1) is 5.10 Å². The molecule has 0 radical (unpaired) electrons. The predicted octanol–water partition coefficient (Wildman–Crippen LogP) is 5.06. The molecule has 1 atom stereocenters. The summed E-state index contributed by atoms with van der Waals surface area (Å²) in [5.74, 6) is 2.25. The number of nitrogens with zero attached hydrogens (tertiary/aromatic N) is 4. The van der Waals surface area contributed by atoms with E-state index in [0.29, 0.717) is 23.3 Å². The lowest BCUT2D eigenvalue weighted by Gasteiger charge is -2.38. The molecule has 6 heteroatoms. The maximum atomic E-state index is 5.45. The van der Waals surface area contributed by atoms with Crippen LogP contribution in [-0.2, 0) is 0 Å². The zero-order valence-electron chi connectivity index (χ0n) is 16.5. The van der Waals surface area contributed by atoms with Crippen molar-refractivity contribution in [3.63, 3.8) is 0 Å². The number of rotatable bonds is 2. The van der Waals surface area contributed by atoms with E-state index in [-0.39, 0.29) is 5.54 Å². The number of nitrogens with one attached hydrogen (secondary N) is 1. The molecule has 1 aliphatic rings. The van der Waals surface area contributed by atoms with Crippen molar-refractivity contribution < 1.29 is 4.42 Å². The molecule has 5 rings (SSSR count). The predicted molar refractivity (Wildman–Crippen MR) is 109 cm³/mol. The second-order valence-corrected chi connectivity index (χ2v) is 8.32. The largest absolute Gasteiger partial charge is 0.461 e. The van der Waals surface area contributed by atoms with Gasteiger partial charge in [0.1, 0.15) is 0 Å². The summed E-state index contributed by atoms with van der Waals surface area (Å²) in [6.45, 7) is 8.96. The molecule has 1 aromatic carbocycles. The van der Waals surface area contributed by atoms with Crippen LogP contribution in [0.25, 0.3) is 28.6 Å². The van der Waals surface area contributed by atoms with Crippen LogP contribution in [0, 0.1) is 6.92 Å². The number of aryl methyl sites for hydroxylation is 1. The molecular weight excluding hydrogens is 350 g/mol. The van der Waals surface area contributed by atoms with Crippen molar-refractivity contribution in [1.29, 1.82) is 0 Å². The van der Waals surface area contributed by atoms with Gasteiger partial charge in [-0.05, 0) is 68.5 Å². The Morgan fingerprint density at radius 3 is 2.89 bits per heavy atom. The number of hydrogen-bond donors (Lipinski definition) is 1. The highest BCUT2D eigenvalue weighted by Crippen LogP contribution is 2.41. The fourth-order valence-electron chi connectivity index (χ4n) is 4.32. The van der Waals surface area contributed by atoms with Gasteiger partial charge in [-0.1, -0.05) is 13.0 Å². The summed E-state index contributed by atoms with van der Waals surface area (Å²) in [4.78, 5) is 8.91. The van der Waals surface area contributed by atoms with Crippen molar-refractivity contribution in [2.45, 2.75) is 45.6 Å². The molecule has 1 N–H and O–H groups in total. The van der Waals surface area contributed by atoms with Crippen LogP contribution in [-0.4, -0.2) is 25.1 Å². The Labute approximate surface area is 163 Å². The van der Waals surface area contributed by atoms with E-state index in [1.807, 2.05) is 18.2 Å². The molecular formula is C22H23N5O. The van der Waals surface area contributed by atoms with Crippen molar-refractivity contribution in [2.75, 3.05) is 5.32 Å². The van der Waals surface area contributed by atoms with Crippen molar-refractivity contribution in [3.05, 3.63) is 53.9 Å². The average Bonchev–Trinajstić information content (AvgIpc) is 3.30. The molecule has 1 aliphatic heterocycles. The zero-order chi connectivity index (χ0) is 19.5. The Hall–Kier alpha value is -3.15. The van der Waals surface area contributed by atoms with Gasteiger partial charge in [0.2, 0.25) is 5.82 Å². The Morgan fingerprint density at radius 1 is 1.25 bits per heavy atom. The van der Waals surface area contributed by atoms with Crippen LogP contribution in [0.2, 0.25) is 0 Å². The van der Waals surface area contributed by atoms with Crippen LogP contribution in [0.3, 0.4) is 0 Å². The number of benzene rings is 1. The zero-order valence-corrected chi connectivity index (χ0v) is 16.5. The van der Waals surface area contributed by atoms with E-state index in [4.69, 9.17) is 4.42 Å². The summed E-state index contributed by atoms with van der Waals surface area (Å²) in [7, 11) is 0. The Morgan fingerprint density at radius 2 is 2.11 bits per heavy atom. The Balaban J connectivity index is 1.68. The van der Waals surface area contributed by atoms with E-state index in [2.05, 4.69) is 60.2 Å². The molecule has 4 heterocycles. The summed E-state index contributed by atoms with van der Waals surface area (Å²) in [6.07, 6.45) is 4.52. The topological polar surface area (TPSA) is 68.2 Å². The van der Waals surface area contributed by atoms with Gasteiger partial charge in [0.15, 0.2) is 5.76 Å². The van der Waals surface area contributed by atoms with Gasteiger partial charge in [0, 0.05) is 23.0 Å². The summed E-state index contributed by atoms with van der Waals surface area (Å²) in [5.41, 5.74) is 5.95. The lowest BCUT2D eigenvalue weighted by atomic mass is 9.80. The van der Waals surface area contributed by atoms with E-state index >= 15 is 0 Å². The lowest BCUT2D eigenvalue weighted by Crippen LogP contribution is -2.36. The van der Waals surface area contributed by atoms with Gasteiger partial charge >= 0.3 is 0 Å². The van der Waals surface area contributed by atoms with Crippen molar-refractivity contribution >= 4 is 11.5 Å². The maximum absolute atomic E-state index is 5.45. The Bertz CT molecular complexity index is 1170. The molecule has 0 fully saturated rings. The van der Waals surface area contributed by atoms with Gasteiger partial charge in [-0.25, -0.2) is 4.98 Å². The maximum Gasteiger partial charge on any atom is 0.253 e. The standard InChI is InChI=1S/C22H23N5O/c1-13-10-15-14(2)12-22(3,4)25-17(15)11-16(13)18-7-8-23-21-24-20(26-27(18)21)19-6-5-9-28-19/h5-11,14,25H,12H2,1-4H3/t14-/m1/s1. The molecule has 0 unspecified atom stereocenters. The molecule has 0 saturated heterocycles. The van der Waals surface area contributed by atoms with E-state index in [0.717, 1.165) is 17.7 Å². The van der Waals surface area contributed by atoms with Crippen molar-refractivity contribution in [3.8, 4) is 22.8 Å². The first kappa shape index (κ1) is 17.0. The molecule has 3 aromatic heterocycles. The average molecular weight is 373 g/mol. The minimum Gasteiger partial charge on any atom is -0.461 e. The van der Waals surface area contributed by atoms with Gasteiger partial charge in [0.25, 0.3) is 5.78 Å². The van der Waals surface area contributed by atoms with Gasteiger partial charge in [-0.2, -0.15) is 9.50 Å². The van der Waals surface area contributed by atoms with Crippen LogP contribution >= 0.6 is 0 Å². The molecule has 142 valence electrons. The van der Waals surface area contributed by atoms with Crippen LogP contribution < -0.4 is 5.32 Å². The quantitative estimate of drug-likeness (QED) is 0.532. The Kier molecular flexibility index (Phi) is 3.59. The number of aromatic nitrogens is 4. The molecule has 28 heavy (non-hydrogen) atoms. The highest BCUT2D eigenvalue weighted by molar-refractivity contribution is 5.74. The van der Waals surface area contributed by atoms with Crippen LogP contribution in [0.15, 0.2) is 47.2 Å². The van der Waals surface area contributed by atoms with Crippen LogP contribution in [0.4, 0.5) is 5.69 Å². The molecule has 0 spiro atoms. The van der Waals surface area contributed by atoms with Crippen LogP contribution in [0.1, 0.15) is 44.2 Å².